The topological polar surface area (TPSA) is 47.9 Å². The van der Waals surface area contributed by atoms with Gasteiger partial charge in [-0.2, -0.15) is 0 Å². The van der Waals surface area contributed by atoms with Crippen LogP contribution in [0.15, 0.2) is 0 Å². The molecule has 0 unspecified atom stereocenters. The van der Waals surface area contributed by atoms with Crippen LogP contribution >= 0.6 is 0 Å². The van der Waals surface area contributed by atoms with E-state index in [9.17, 15) is 0 Å². The molecule has 0 amide bonds. The Bertz CT molecular complexity index is 117. The highest BCUT2D eigenvalue weighted by Crippen LogP contribution is 2.03. The average Bonchev–Trinajstić information content (AvgIpc) is 2.35. The molecule has 0 rings (SSSR count). The first-order chi connectivity index (χ1) is 8.41. The van der Waals surface area contributed by atoms with Gasteiger partial charge in [-0.3, -0.25) is 5.26 Å². The molecule has 0 aliphatic carbocycles. The Labute approximate surface area is 105 Å². The second kappa shape index (κ2) is 15.8. The van der Waals surface area contributed by atoms with Gasteiger partial charge in [0.05, 0.1) is 6.61 Å². The Morgan fingerprint density at radius 1 is 0.882 bits per heavy atom. The highest BCUT2D eigenvalue weighted by atomic mass is 17.1. The molecule has 0 saturated heterocycles. The van der Waals surface area contributed by atoms with Gasteiger partial charge in [-0.1, -0.05) is 19.3 Å². The molecule has 1 N–H and O–H groups in total. The molecular weight excluding hydrogens is 220 g/mol. The summed E-state index contributed by atoms with van der Waals surface area (Å²) >= 11 is 0. The maximum absolute atomic E-state index is 8.07. The predicted molar refractivity (Wildman–Crippen MR) is 67.9 cm³/mol. The van der Waals surface area contributed by atoms with E-state index in [1.165, 1.54) is 25.7 Å². The number of ether oxygens (including phenoxy) is 2. The second-order valence-corrected chi connectivity index (χ2v) is 4.10. The fraction of sp³-hybridized carbons (Fsp3) is 0.923. The average molecular weight is 247 g/mol. The molecule has 0 bridgehead atoms. The fourth-order valence-electron chi connectivity index (χ4n) is 1.55. The number of hydrogen-bond acceptors (Lipinski definition) is 4. The van der Waals surface area contributed by atoms with Crippen LogP contribution in [0.2, 0.25) is 0 Å². The van der Waals surface area contributed by atoms with E-state index >= 15 is 0 Å². The summed E-state index contributed by atoms with van der Waals surface area (Å²) in [6, 6.07) is 0. The SMILES string of the molecule is COCCCCCCCOCCC[CH]COO. The van der Waals surface area contributed by atoms with Crippen molar-refractivity contribution in [3.05, 3.63) is 6.42 Å². The van der Waals surface area contributed by atoms with E-state index in [0.29, 0.717) is 6.61 Å². The van der Waals surface area contributed by atoms with Crippen molar-refractivity contribution in [3.63, 3.8) is 0 Å². The van der Waals surface area contributed by atoms with Gasteiger partial charge in [-0.25, -0.2) is 4.89 Å². The molecule has 103 valence electrons. The lowest BCUT2D eigenvalue weighted by Crippen LogP contribution is -1.98. The first-order valence-electron chi connectivity index (χ1n) is 6.56. The smallest absolute Gasteiger partial charge is 0.0851 e. The van der Waals surface area contributed by atoms with E-state index in [1.54, 1.807) is 7.11 Å². The molecule has 0 aliphatic heterocycles. The van der Waals surface area contributed by atoms with Crippen molar-refractivity contribution >= 4 is 0 Å². The van der Waals surface area contributed by atoms with E-state index in [4.69, 9.17) is 14.7 Å². The van der Waals surface area contributed by atoms with E-state index in [0.717, 1.165) is 39.1 Å². The Hall–Kier alpha value is -0.160. The van der Waals surface area contributed by atoms with Crippen LogP contribution in [0.25, 0.3) is 0 Å². The van der Waals surface area contributed by atoms with Crippen molar-refractivity contribution in [2.45, 2.75) is 44.9 Å². The van der Waals surface area contributed by atoms with Crippen molar-refractivity contribution in [2.24, 2.45) is 0 Å². The van der Waals surface area contributed by atoms with Gasteiger partial charge in [0.2, 0.25) is 0 Å². The van der Waals surface area contributed by atoms with Gasteiger partial charge in [0.15, 0.2) is 0 Å². The summed E-state index contributed by atoms with van der Waals surface area (Å²) in [6.45, 7) is 2.85. The highest BCUT2D eigenvalue weighted by molar-refractivity contribution is 4.61. The molecule has 4 nitrogen and oxygen atoms in total. The molecule has 0 saturated carbocycles. The Balaban J connectivity index is 2.85. The summed E-state index contributed by atoms with van der Waals surface area (Å²) < 4.78 is 10.5. The lowest BCUT2D eigenvalue weighted by molar-refractivity contribution is -0.235. The lowest BCUT2D eigenvalue weighted by Gasteiger charge is -2.04. The number of rotatable bonds is 14. The van der Waals surface area contributed by atoms with Crippen LogP contribution in [-0.4, -0.2) is 38.8 Å². The number of hydrogen-bond donors (Lipinski definition) is 1. The molecule has 0 spiro atoms. The third-order valence-corrected chi connectivity index (χ3v) is 2.53. The molecular formula is C13H27O4. The van der Waals surface area contributed by atoms with E-state index in [-0.39, 0.29) is 0 Å². The van der Waals surface area contributed by atoms with E-state index in [2.05, 4.69) is 4.89 Å². The zero-order valence-corrected chi connectivity index (χ0v) is 11.0. The molecule has 0 aromatic heterocycles. The second-order valence-electron chi connectivity index (χ2n) is 4.10. The van der Waals surface area contributed by atoms with Crippen LogP contribution in [-0.2, 0) is 14.4 Å². The third-order valence-electron chi connectivity index (χ3n) is 2.53. The van der Waals surface area contributed by atoms with Gasteiger partial charge < -0.3 is 9.47 Å². The first kappa shape index (κ1) is 16.8. The van der Waals surface area contributed by atoms with Gasteiger partial charge in [0.1, 0.15) is 0 Å². The van der Waals surface area contributed by atoms with Crippen LogP contribution in [0, 0.1) is 6.42 Å². The van der Waals surface area contributed by atoms with Gasteiger partial charge in [-0.15, -0.1) is 0 Å². The minimum absolute atomic E-state index is 0.307. The molecule has 0 heterocycles. The largest absolute Gasteiger partial charge is 0.385 e. The summed E-state index contributed by atoms with van der Waals surface area (Å²) in [4.78, 5) is 3.94. The van der Waals surface area contributed by atoms with Gasteiger partial charge in [0.25, 0.3) is 0 Å². The van der Waals surface area contributed by atoms with Crippen molar-refractivity contribution in [2.75, 3.05) is 33.5 Å². The molecule has 4 heteroatoms. The van der Waals surface area contributed by atoms with Crippen molar-refractivity contribution < 1.29 is 19.6 Å². The van der Waals surface area contributed by atoms with Crippen LogP contribution in [0.5, 0.6) is 0 Å². The monoisotopic (exact) mass is 247 g/mol. The van der Waals surface area contributed by atoms with Gasteiger partial charge in [-0.05, 0) is 32.1 Å². The Kier molecular flexibility index (Phi) is 15.7. The van der Waals surface area contributed by atoms with E-state index < -0.39 is 0 Å². The molecule has 1 radical (unpaired) electrons. The maximum Gasteiger partial charge on any atom is 0.0851 e. The van der Waals surface area contributed by atoms with Crippen LogP contribution in [0.3, 0.4) is 0 Å². The maximum atomic E-state index is 8.07. The van der Waals surface area contributed by atoms with Crippen molar-refractivity contribution in [1.82, 2.24) is 0 Å². The molecule has 0 aromatic carbocycles. The molecule has 0 aliphatic rings. The summed E-state index contributed by atoms with van der Waals surface area (Å²) in [5, 5.41) is 8.07. The molecule has 0 fully saturated rings. The van der Waals surface area contributed by atoms with Crippen molar-refractivity contribution in [3.8, 4) is 0 Å². The molecule has 17 heavy (non-hydrogen) atoms. The standard InChI is InChI=1S/C13H27O4/c1-15-10-6-3-2-4-7-11-16-12-8-5-9-13-17-14/h9,14H,2-8,10-13H2,1H3. The number of unbranched alkanes of at least 4 members (excludes halogenated alkanes) is 6. The lowest BCUT2D eigenvalue weighted by atomic mass is 10.1. The molecule has 0 aromatic rings. The summed E-state index contributed by atoms with van der Waals surface area (Å²) in [5.74, 6) is 0. The summed E-state index contributed by atoms with van der Waals surface area (Å²) in [6.07, 6.45) is 9.91. The summed E-state index contributed by atoms with van der Waals surface area (Å²) in [5.41, 5.74) is 0. The third kappa shape index (κ3) is 15.8. The quantitative estimate of drug-likeness (QED) is 0.291. The zero-order chi connectivity index (χ0) is 12.6. The number of methoxy groups -OCH3 is 1. The Morgan fingerprint density at radius 2 is 1.53 bits per heavy atom. The highest BCUT2D eigenvalue weighted by Gasteiger charge is 1.93. The fourth-order valence-corrected chi connectivity index (χ4v) is 1.55. The Morgan fingerprint density at radius 3 is 2.24 bits per heavy atom. The zero-order valence-electron chi connectivity index (χ0n) is 11.0. The van der Waals surface area contributed by atoms with Crippen LogP contribution in [0.1, 0.15) is 44.9 Å². The molecule has 0 atom stereocenters. The first-order valence-corrected chi connectivity index (χ1v) is 6.56. The normalized spacial score (nSPS) is 10.9. The predicted octanol–water partition coefficient (Wildman–Crippen LogP) is 3.07. The van der Waals surface area contributed by atoms with Gasteiger partial charge >= 0.3 is 0 Å². The van der Waals surface area contributed by atoms with Crippen LogP contribution < -0.4 is 0 Å². The summed E-state index contributed by atoms with van der Waals surface area (Å²) in [7, 11) is 1.75. The van der Waals surface area contributed by atoms with Crippen molar-refractivity contribution in [1.29, 1.82) is 0 Å². The van der Waals surface area contributed by atoms with Crippen LogP contribution in [0.4, 0.5) is 0 Å². The minimum Gasteiger partial charge on any atom is -0.385 e. The minimum atomic E-state index is 0.307. The van der Waals surface area contributed by atoms with Gasteiger partial charge in [0, 0.05) is 26.9 Å². The van der Waals surface area contributed by atoms with E-state index in [1.807, 2.05) is 6.42 Å².